The molecule has 0 aromatic carbocycles. The molecule has 9 heteroatoms. The number of nitrogens with two attached hydrogens (primary N) is 1. The number of nitrogens with one attached hydrogen (secondary N) is 1. The van der Waals surface area contributed by atoms with E-state index in [2.05, 4.69) is 10.3 Å². The van der Waals surface area contributed by atoms with Crippen LogP contribution in [0.15, 0.2) is 11.0 Å². The Kier molecular flexibility index (Phi) is 5.31. The van der Waals surface area contributed by atoms with Crippen LogP contribution in [0.1, 0.15) is 30.6 Å². The number of aromatic carboxylic acids is 1. The Hall–Kier alpha value is -2.68. The number of hydrogen-bond acceptors (Lipinski definition) is 6. The summed E-state index contributed by atoms with van der Waals surface area (Å²) in [6.07, 6.45) is 2.14. The summed E-state index contributed by atoms with van der Waals surface area (Å²) in [5.74, 6) is -1.65. The number of aryl methyl sites for hydroxylation is 1. The molecule has 0 radical (unpaired) electrons. The summed E-state index contributed by atoms with van der Waals surface area (Å²) in [7, 11) is 0. The van der Waals surface area contributed by atoms with Crippen molar-refractivity contribution < 1.29 is 14.3 Å². The summed E-state index contributed by atoms with van der Waals surface area (Å²) >= 11 is 0. The summed E-state index contributed by atoms with van der Waals surface area (Å²) in [5, 5.41) is 12.4. The van der Waals surface area contributed by atoms with Crippen LogP contribution in [0.4, 0.5) is 15.9 Å². The number of carbonyl (C=O) groups is 1. The van der Waals surface area contributed by atoms with Crippen molar-refractivity contribution in [1.82, 2.24) is 14.9 Å². The van der Waals surface area contributed by atoms with Gasteiger partial charge in [-0.1, -0.05) is 6.92 Å². The zero-order valence-electron chi connectivity index (χ0n) is 15.5. The third kappa shape index (κ3) is 3.34. The van der Waals surface area contributed by atoms with E-state index in [1.54, 1.807) is 6.92 Å². The van der Waals surface area contributed by atoms with E-state index < -0.39 is 22.8 Å². The van der Waals surface area contributed by atoms with Gasteiger partial charge < -0.3 is 25.6 Å². The molecule has 1 fully saturated rings. The standard InChI is InChI=1S/C18H24FN5O3/c1-3-21-7-10-5-6-24(8-10)17-13(19)14(20)12-15(25)11(18(26)27)9-23(4-2)16(12)22-17/h9-10,21H,3-8H2,1-2H3,(H2,20,22)(H,26,27). The molecule has 3 heterocycles. The highest BCUT2D eigenvalue weighted by molar-refractivity contribution is 5.96. The van der Waals surface area contributed by atoms with E-state index in [0.717, 1.165) is 19.5 Å². The minimum Gasteiger partial charge on any atom is -0.477 e. The third-order valence-corrected chi connectivity index (χ3v) is 5.01. The lowest BCUT2D eigenvalue weighted by Crippen LogP contribution is -2.28. The maximum atomic E-state index is 15.0. The number of hydrogen-bond donors (Lipinski definition) is 3. The van der Waals surface area contributed by atoms with E-state index in [0.29, 0.717) is 25.6 Å². The summed E-state index contributed by atoms with van der Waals surface area (Å²) in [6, 6.07) is 0. The van der Waals surface area contributed by atoms with Crippen LogP contribution in [-0.2, 0) is 6.54 Å². The second-order valence-corrected chi connectivity index (χ2v) is 6.73. The summed E-state index contributed by atoms with van der Waals surface area (Å²) < 4.78 is 16.5. The SMILES string of the molecule is CCNCC1CCN(c2nc3c(c(N)c2F)c(=O)c(C(=O)O)cn3CC)C1. The summed E-state index contributed by atoms with van der Waals surface area (Å²) in [4.78, 5) is 30.1. The van der Waals surface area contributed by atoms with Crippen molar-refractivity contribution in [3.05, 3.63) is 27.8 Å². The number of rotatable bonds is 6. The van der Waals surface area contributed by atoms with Crippen molar-refractivity contribution in [1.29, 1.82) is 0 Å². The molecule has 8 nitrogen and oxygen atoms in total. The van der Waals surface area contributed by atoms with Crippen LogP contribution in [0, 0.1) is 11.7 Å². The molecular formula is C18H24FN5O3. The minimum absolute atomic E-state index is 0.115. The smallest absolute Gasteiger partial charge is 0.341 e. The number of aromatic nitrogens is 2. The Morgan fingerprint density at radius 2 is 2.22 bits per heavy atom. The second kappa shape index (κ2) is 7.51. The van der Waals surface area contributed by atoms with Gasteiger partial charge in [-0.05, 0) is 32.4 Å². The molecule has 3 rings (SSSR count). The lowest BCUT2D eigenvalue weighted by molar-refractivity contribution is 0.0695. The molecule has 0 saturated carbocycles. The number of nitrogens with zero attached hydrogens (tertiary/aromatic N) is 3. The van der Waals surface area contributed by atoms with Gasteiger partial charge in [0, 0.05) is 25.8 Å². The zero-order valence-corrected chi connectivity index (χ0v) is 15.5. The zero-order chi connectivity index (χ0) is 19.7. The van der Waals surface area contributed by atoms with Crippen molar-refractivity contribution >= 4 is 28.5 Å². The van der Waals surface area contributed by atoms with Crippen LogP contribution in [0.25, 0.3) is 11.0 Å². The van der Waals surface area contributed by atoms with Crippen LogP contribution in [-0.4, -0.2) is 46.8 Å². The maximum Gasteiger partial charge on any atom is 0.341 e. The molecule has 2 aromatic heterocycles. The Morgan fingerprint density at radius 1 is 1.48 bits per heavy atom. The molecule has 0 amide bonds. The average Bonchev–Trinajstić information content (AvgIpc) is 3.11. The summed E-state index contributed by atoms with van der Waals surface area (Å²) in [5.41, 5.74) is 4.53. The molecule has 4 N–H and O–H groups in total. The number of fused-ring (bicyclic) bond motifs is 1. The Balaban J connectivity index is 2.12. The number of nitrogen functional groups attached to an aromatic ring is 1. The van der Waals surface area contributed by atoms with Crippen molar-refractivity contribution in [3.8, 4) is 0 Å². The van der Waals surface area contributed by atoms with Gasteiger partial charge >= 0.3 is 5.97 Å². The second-order valence-electron chi connectivity index (χ2n) is 6.73. The van der Waals surface area contributed by atoms with Gasteiger partial charge in [-0.2, -0.15) is 0 Å². The van der Waals surface area contributed by atoms with E-state index in [9.17, 15) is 19.1 Å². The molecule has 1 aliphatic heterocycles. The first-order chi connectivity index (χ1) is 12.9. The number of carboxylic acid groups (broad SMARTS) is 1. The number of halogens is 1. The first-order valence-corrected chi connectivity index (χ1v) is 9.10. The fourth-order valence-corrected chi connectivity index (χ4v) is 3.54. The van der Waals surface area contributed by atoms with Gasteiger partial charge in [0.05, 0.1) is 11.1 Å². The van der Waals surface area contributed by atoms with Crippen molar-refractivity contribution in [3.63, 3.8) is 0 Å². The summed E-state index contributed by atoms with van der Waals surface area (Å²) in [6.45, 7) is 7.21. The number of carboxylic acids is 1. The number of anilines is 2. The quantitative estimate of drug-likeness (QED) is 0.695. The largest absolute Gasteiger partial charge is 0.477 e. The third-order valence-electron chi connectivity index (χ3n) is 5.01. The lowest BCUT2D eigenvalue weighted by Gasteiger charge is -2.21. The molecule has 1 aliphatic rings. The average molecular weight is 377 g/mol. The molecule has 1 unspecified atom stereocenters. The van der Waals surface area contributed by atoms with Crippen molar-refractivity contribution in [2.75, 3.05) is 36.8 Å². The highest BCUT2D eigenvalue weighted by Crippen LogP contribution is 2.31. The molecule has 0 aliphatic carbocycles. The van der Waals surface area contributed by atoms with Gasteiger partial charge in [0.25, 0.3) is 0 Å². The van der Waals surface area contributed by atoms with Gasteiger partial charge in [-0.15, -0.1) is 0 Å². The van der Waals surface area contributed by atoms with E-state index in [1.807, 2.05) is 11.8 Å². The predicted octanol–water partition coefficient (Wildman–Crippen LogP) is 1.27. The topological polar surface area (TPSA) is 113 Å². The van der Waals surface area contributed by atoms with Crippen LogP contribution in [0.5, 0.6) is 0 Å². The monoisotopic (exact) mass is 377 g/mol. The lowest BCUT2D eigenvalue weighted by atomic mass is 10.1. The molecule has 0 spiro atoms. The van der Waals surface area contributed by atoms with Crippen LogP contribution >= 0.6 is 0 Å². The van der Waals surface area contributed by atoms with Gasteiger partial charge in [0.2, 0.25) is 5.43 Å². The van der Waals surface area contributed by atoms with Gasteiger partial charge in [0.15, 0.2) is 11.6 Å². The van der Waals surface area contributed by atoms with Gasteiger partial charge in [-0.25, -0.2) is 14.2 Å². The fourth-order valence-electron chi connectivity index (χ4n) is 3.54. The van der Waals surface area contributed by atoms with Crippen LogP contribution in [0.2, 0.25) is 0 Å². The molecule has 1 saturated heterocycles. The Bertz CT molecular complexity index is 943. The van der Waals surface area contributed by atoms with E-state index in [1.165, 1.54) is 10.8 Å². The Morgan fingerprint density at radius 3 is 2.85 bits per heavy atom. The van der Waals surface area contributed by atoms with E-state index in [-0.39, 0.29) is 22.5 Å². The van der Waals surface area contributed by atoms with Gasteiger partial charge in [-0.3, -0.25) is 4.79 Å². The molecule has 27 heavy (non-hydrogen) atoms. The maximum absolute atomic E-state index is 15.0. The van der Waals surface area contributed by atoms with Gasteiger partial charge in [0.1, 0.15) is 11.2 Å². The van der Waals surface area contributed by atoms with Crippen molar-refractivity contribution in [2.45, 2.75) is 26.8 Å². The van der Waals surface area contributed by atoms with Crippen LogP contribution in [0.3, 0.4) is 0 Å². The molecule has 2 aromatic rings. The fraction of sp³-hybridized carbons (Fsp3) is 0.500. The highest BCUT2D eigenvalue weighted by Gasteiger charge is 2.28. The first kappa shape index (κ1) is 19.1. The molecular weight excluding hydrogens is 353 g/mol. The normalized spacial score (nSPS) is 17.0. The van der Waals surface area contributed by atoms with Crippen LogP contribution < -0.4 is 21.4 Å². The van der Waals surface area contributed by atoms with E-state index in [4.69, 9.17) is 5.73 Å². The number of pyridine rings is 2. The Labute approximate surface area is 155 Å². The molecule has 1 atom stereocenters. The van der Waals surface area contributed by atoms with E-state index >= 15 is 0 Å². The first-order valence-electron chi connectivity index (χ1n) is 9.10. The molecule has 0 bridgehead atoms. The highest BCUT2D eigenvalue weighted by atomic mass is 19.1. The minimum atomic E-state index is -1.38. The predicted molar refractivity (Wildman–Crippen MR) is 102 cm³/mol. The molecule has 146 valence electrons. The van der Waals surface area contributed by atoms with Crippen molar-refractivity contribution in [2.24, 2.45) is 5.92 Å².